The van der Waals surface area contributed by atoms with E-state index in [1.54, 1.807) is 33.6 Å². The molecule has 2 heterocycles. The van der Waals surface area contributed by atoms with Gasteiger partial charge in [0.2, 0.25) is 11.8 Å². The molecule has 30 heavy (non-hydrogen) atoms. The SMILES string of the molecule is COc1ccc2c(c1)C(OC(C)c1cnc(OC)cc1OC)=N[C@@H]1CC[C@@H](O)C[C@H]21. The lowest BCUT2D eigenvalue weighted by Crippen LogP contribution is -2.34. The topological polar surface area (TPSA) is 82.4 Å². The van der Waals surface area contributed by atoms with Crippen LogP contribution in [0.4, 0.5) is 0 Å². The molecule has 1 aliphatic carbocycles. The summed E-state index contributed by atoms with van der Waals surface area (Å²) in [6, 6.07) is 7.84. The summed E-state index contributed by atoms with van der Waals surface area (Å²) >= 11 is 0. The van der Waals surface area contributed by atoms with Gasteiger partial charge in [0.05, 0.1) is 39.0 Å². The zero-order valence-corrected chi connectivity index (χ0v) is 17.8. The van der Waals surface area contributed by atoms with Crippen LogP contribution in [0.2, 0.25) is 0 Å². The summed E-state index contributed by atoms with van der Waals surface area (Å²) in [5, 5.41) is 10.2. The van der Waals surface area contributed by atoms with Crippen molar-refractivity contribution in [2.75, 3.05) is 21.3 Å². The monoisotopic (exact) mass is 412 g/mol. The average molecular weight is 412 g/mol. The molecule has 2 aromatic rings. The van der Waals surface area contributed by atoms with E-state index in [1.807, 2.05) is 19.1 Å². The van der Waals surface area contributed by atoms with Crippen LogP contribution in [-0.4, -0.2) is 49.5 Å². The van der Waals surface area contributed by atoms with Gasteiger partial charge in [-0.2, -0.15) is 0 Å². The first-order valence-electron chi connectivity index (χ1n) is 10.2. The largest absolute Gasteiger partial charge is 0.497 e. The Hall–Kier alpha value is -2.80. The van der Waals surface area contributed by atoms with E-state index in [4.69, 9.17) is 23.9 Å². The van der Waals surface area contributed by atoms with Crippen LogP contribution >= 0.6 is 0 Å². The molecule has 0 amide bonds. The van der Waals surface area contributed by atoms with Gasteiger partial charge in [0.25, 0.3) is 0 Å². The summed E-state index contributed by atoms with van der Waals surface area (Å²) in [6.07, 6.45) is 3.40. The maximum Gasteiger partial charge on any atom is 0.217 e. The summed E-state index contributed by atoms with van der Waals surface area (Å²) in [5.41, 5.74) is 2.88. The molecule has 0 radical (unpaired) electrons. The molecular weight excluding hydrogens is 384 g/mol. The fraction of sp³-hybridized carbons (Fsp3) is 0.478. The number of aromatic nitrogens is 1. The van der Waals surface area contributed by atoms with E-state index >= 15 is 0 Å². The second kappa shape index (κ2) is 8.52. The number of aliphatic hydroxyl groups is 1. The molecular formula is C23H28N2O5. The summed E-state index contributed by atoms with van der Waals surface area (Å²) in [4.78, 5) is 9.25. The molecule has 160 valence electrons. The maximum absolute atomic E-state index is 10.2. The van der Waals surface area contributed by atoms with Crippen molar-refractivity contribution in [2.24, 2.45) is 4.99 Å². The minimum Gasteiger partial charge on any atom is -0.497 e. The number of hydrogen-bond donors (Lipinski definition) is 1. The molecule has 4 rings (SSSR count). The van der Waals surface area contributed by atoms with Gasteiger partial charge in [-0.05, 0) is 43.9 Å². The van der Waals surface area contributed by atoms with Crippen molar-refractivity contribution >= 4 is 5.90 Å². The molecule has 1 aliphatic heterocycles. The van der Waals surface area contributed by atoms with Gasteiger partial charge in [0, 0.05) is 23.7 Å². The molecule has 1 aromatic heterocycles. The molecule has 0 spiro atoms. The molecule has 7 nitrogen and oxygen atoms in total. The number of pyridine rings is 1. The van der Waals surface area contributed by atoms with Gasteiger partial charge in [0.15, 0.2) is 0 Å². The Bertz CT molecular complexity index is 945. The number of rotatable bonds is 5. The number of aliphatic imine (C=N–C) groups is 1. The van der Waals surface area contributed by atoms with Crippen molar-refractivity contribution in [3.8, 4) is 17.4 Å². The lowest BCUT2D eigenvalue weighted by atomic mass is 9.75. The molecule has 0 bridgehead atoms. The highest BCUT2D eigenvalue weighted by Crippen LogP contribution is 2.42. The number of benzene rings is 1. The molecule has 1 N–H and O–H groups in total. The third-order valence-electron chi connectivity index (χ3n) is 5.98. The number of hydrogen-bond acceptors (Lipinski definition) is 7. The second-order valence-electron chi connectivity index (χ2n) is 7.76. The zero-order valence-electron chi connectivity index (χ0n) is 17.8. The van der Waals surface area contributed by atoms with Crippen LogP contribution in [0.25, 0.3) is 0 Å². The first-order chi connectivity index (χ1) is 14.5. The summed E-state index contributed by atoms with van der Waals surface area (Å²) in [5.74, 6) is 2.66. The smallest absolute Gasteiger partial charge is 0.217 e. The van der Waals surface area contributed by atoms with E-state index in [1.165, 1.54) is 0 Å². The quantitative estimate of drug-likeness (QED) is 0.807. The van der Waals surface area contributed by atoms with E-state index < -0.39 is 0 Å². The van der Waals surface area contributed by atoms with Crippen LogP contribution in [-0.2, 0) is 4.74 Å². The van der Waals surface area contributed by atoms with E-state index in [2.05, 4.69) is 11.1 Å². The predicted molar refractivity (Wildman–Crippen MR) is 113 cm³/mol. The van der Waals surface area contributed by atoms with Crippen molar-refractivity contribution in [1.82, 2.24) is 4.98 Å². The first kappa shape index (κ1) is 20.5. The van der Waals surface area contributed by atoms with Crippen molar-refractivity contribution < 1.29 is 24.1 Å². The Morgan fingerprint density at radius 2 is 1.90 bits per heavy atom. The Morgan fingerprint density at radius 1 is 1.07 bits per heavy atom. The van der Waals surface area contributed by atoms with Crippen LogP contribution in [0.3, 0.4) is 0 Å². The fourth-order valence-corrected chi connectivity index (χ4v) is 4.36. The Balaban J connectivity index is 1.68. The van der Waals surface area contributed by atoms with Gasteiger partial charge in [-0.1, -0.05) is 6.07 Å². The van der Waals surface area contributed by atoms with E-state index in [0.717, 1.165) is 35.3 Å². The van der Waals surface area contributed by atoms with Crippen LogP contribution < -0.4 is 14.2 Å². The summed E-state index contributed by atoms with van der Waals surface area (Å²) in [7, 11) is 4.83. The number of methoxy groups -OCH3 is 3. The number of ether oxygens (including phenoxy) is 4. The highest BCUT2D eigenvalue weighted by atomic mass is 16.5. The molecule has 4 atom stereocenters. The molecule has 0 saturated heterocycles. The average Bonchev–Trinajstić information content (AvgIpc) is 2.78. The third kappa shape index (κ3) is 3.81. The Kier molecular flexibility index (Phi) is 5.81. The van der Waals surface area contributed by atoms with Crippen LogP contribution in [0.5, 0.6) is 17.4 Å². The van der Waals surface area contributed by atoms with Gasteiger partial charge in [-0.3, -0.25) is 0 Å². The van der Waals surface area contributed by atoms with E-state index in [9.17, 15) is 5.11 Å². The zero-order chi connectivity index (χ0) is 21.3. The normalized spacial score (nSPS) is 23.5. The lowest BCUT2D eigenvalue weighted by molar-refractivity contribution is 0.108. The minimum absolute atomic E-state index is 0.104. The Labute approximate surface area is 176 Å². The fourth-order valence-electron chi connectivity index (χ4n) is 4.36. The van der Waals surface area contributed by atoms with Crippen LogP contribution in [0.1, 0.15) is 54.9 Å². The highest BCUT2D eigenvalue weighted by Gasteiger charge is 2.37. The summed E-state index contributed by atoms with van der Waals surface area (Å²) < 4.78 is 22.5. The number of nitrogens with zero attached hydrogens (tertiary/aromatic N) is 2. The lowest BCUT2D eigenvalue weighted by Gasteiger charge is -2.37. The number of fused-ring (bicyclic) bond motifs is 3. The summed E-state index contributed by atoms with van der Waals surface area (Å²) in [6.45, 7) is 1.95. The molecule has 1 saturated carbocycles. The Morgan fingerprint density at radius 3 is 2.63 bits per heavy atom. The highest BCUT2D eigenvalue weighted by molar-refractivity contribution is 5.97. The van der Waals surface area contributed by atoms with Crippen LogP contribution in [0, 0.1) is 0 Å². The number of aliphatic hydroxyl groups excluding tert-OH is 1. The molecule has 7 heteroatoms. The predicted octanol–water partition coefficient (Wildman–Crippen LogP) is 3.64. The van der Waals surface area contributed by atoms with Crippen molar-refractivity contribution in [3.05, 3.63) is 47.2 Å². The van der Waals surface area contributed by atoms with Gasteiger partial charge in [0.1, 0.15) is 17.6 Å². The molecule has 2 aliphatic rings. The van der Waals surface area contributed by atoms with Crippen molar-refractivity contribution in [1.29, 1.82) is 0 Å². The standard InChI is InChI=1S/C23H28N2O5/c1-13(19-12-24-22(29-4)11-21(19)28-3)30-23-18-10-15(27-2)6-7-16(18)17-9-14(26)5-8-20(17)25-23/h6-7,10-14,17,20,26H,5,8-9H2,1-4H3/t13?,14-,17-,20-/m1/s1. The van der Waals surface area contributed by atoms with E-state index in [0.29, 0.717) is 23.9 Å². The molecule has 1 aromatic carbocycles. The first-order valence-corrected chi connectivity index (χ1v) is 10.2. The van der Waals surface area contributed by atoms with Gasteiger partial charge in [-0.25, -0.2) is 9.98 Å². The van der Waals surface area contributed by atoms with E-state index in [-0.39, 0.29) is 24.2 Å². The van der Waals surface area contributed by atoms with Gasteiger partial charge >= 0.3 is 0 Å². The van der Waals surface area contributed by atoms with Crippen molar-refractivity contribution in [2.45, 2.75) is 50.4 Å². The van der Waals surface area contributed by atoms with Crippen LogP contribution in [0.15, 0.2) is 35.5 Å². The maximum atomic E-state index is 10.2. The molecule has 1 unspecified atom stereocenters. The second-order valence-corrected chi connectivity index (χ2v) is 7.76. The van der Waals surface area contributed by atoms with Crippen molar-refractivity contribution in [3.63, 3.8) is 0 Å². The molecule has 1 fully saturated rings. The minimum atomic E-state index is -0.332. The third-order valence-corrected chi connectivity index (χ3v) is 5.98. The van der Waals surface area contributed by atoms with Gasteiger partial charge in [-0.15, -0.1) is 0 Å². The van der Waals surface area contributed by atoms with Gasteiger partial charge < -0.3 is 24.1 Å².